The van der Waals surface area contributed by atoms with E-state index in [-0.39, 0.29) is 24.4 Å². The van der Waals surface area contributed by atoms with Crippen molar-refractivity contribution in [1.82, 2.24) is 0 Å². The van der Waals surface area contributed by atoms with E-state index < -0.39 is 11.8 Å². The number of amides is 1. The number of nitrogens with one attached hydrogen (secondary N) is 1. The van der Waals surface area contributed by atoms with Crippen molar-refractivity contribution in [3.05, 3.63) is 100 Å². The van der Waals surface area contributed by atoms with Crippen LogP contribution in [0.25, 0.3) is 0 Å². The molecule has 4 rings (SSSR count). The van der Waals surface area contributed by atoms with E-state index in [9.17, 15) is 9.59 Å². The first-order valence-corrected chi connectivity index (χ1v) is 13.1. The predicted molar refractivity (Wildman–Crippen MR) is 143 cm³/mol. The highest BCUT2D eigenvalue weighted by atomic mass is 79.9. The van der Waals surface area contributed by atoms with Gasteiger partial charge in [-0.25, -0.2) is 0 Å². The Labute approximate surface area is 216 Å². The lowest BCUT2D eigenvalue weighted by Gasteiger charge is -2.36. The Bertz CT molecular complexity index is 1130. The number of anilines is 1. The molecule has 0 radical (unpaired) electrons. The molecule has 3 atom stereocenters. The molecule has 0 unspecified atom stereocenters. The Morgan fingerprint density at radius 2 is 1.63 bits per heavy atom. The van der Waals surface area contributed by atoms with Gasteiger partial charge < -0.3 is 10.1 Å². The van der Waals surface area contributed by atoms with Crippen LogP contribution >= 0.6 is 15.9 Å². The van der Waals surface area contributed by atoms with Crippen LogP contribution in [-0.2, 0) is 20.9 Å². The second-order valence-electron chi connectivity index (χ2n) is 9.58. The molecule has 1 amide bonds. The molecular weight excluding hydrogens is 502 g/mol. The lowest BCUT2D eigenvalue weighted by Crippen LogP contribution is -2.41. The number of carbonyl (C=O) groups is 2. The quantitative estimate of drug-likeness (QED) is 0.320. The number of benzene rings is 3. The van der Waals surface area contributed by atoms with Crippen molar-refractivity contribution in [2.24, 2.45) is 11.8 Å². The maximum Gasteiger partial charge on any atom is 0.310 e. The fraction of sp³-hybridized carbons (Fsp3) is 0.333. The molecule has 1 N–H and O–H groups in total. The number of hydrogen-bond acceptors (Lipinski definition) is 3. The van der Waals surface area contributed by atoms with Crippen LogP contribution in [-0.4, -0.2) is 11.9 Å². The maximum absolute atomic E-state index is 13.5. The summed E-state index contributed by atoms with van der Waals surface area (Å²) < 4.78 is 6.77. The molecular formula is C30H32BrNO3. The van der Waals surface area contributed by atoms with Crippen LogP contribution < -0.4 is 5.32 Å². The minimum absolute atomic E-state index is 0.0702. The van der Waals surface area contributed by atoms with Crippen LogP contribution in [0.2, 0.25) is 0 Å². The predicted octanol–water partition coefficient (Wildman–Crippen LogP) is 7.45. The van der Waals surface area contributed by atoms with Gasteiger partial charge >= 0.3 is 5.97 Å². The average Bonchev–Trinajstić information content (AvgIpc) is 2.88. The lowest BCUT2D eigenvalue weighted by atomic mass is 9.69. The molecule has 35 heavy (non-hydrogen) atoms. The summed E-state index contributed by atoms with van der Waals surface area (Å²) in [5.74, 6) is -1.07. The highest BCUT2D eigenvalue weighted by Gasteiger charge is 2.43. The average molecular weight is 534 g/mol. The molecule has 1 aliphatic rings. The third kappa shape index (κ3) is 6.40. The van der Waals surface area contributed by atoms with E-state index in [2.05, 4.69) is 35.1 Å². The van der Waals surface area contributed by atoms with Gasteiger partial charge in [0.15, 0.2) is 0 Å². The first-order chi connectivity index (χ1) is 16.9. The van der Waals surface area contributed by atoms with E-state index >= 15 is 0 Å². The molecule has 3 aromatic rings. The van der Waals surface area contributed by atoms with E-state index in [4.69, 9.17) is 4.74 Å². The van der Waals surface area contributed by atoms with Gasteiger partial charge in [-0.05, 0) is 65.6 Å². The van der Waals surface area contributed by atoms with Crippen molar-refractivity contribution in [1.29, 1.82) is 0 Å². The van der Waals surface area contributed by atoms with Crippen LogP contribution in [0.1, 0.15) is 61.6 Å². The molecule has 5 heteroatoms. The highest BCUT2D eigenvalue weighted by Crippen LogP contribution is 2.43. The molecule has 4 nitrogen and oxygen atoms in total. The van der Waals surface area contributed by atoms with E-state index in [1.807, 2.05) is 78.9 Å². The SMILES string of the molecule is CC(C)c1ccc(NC(=O)[C@@H]2CCC[C@H](c3ccc(Br)cc3)[C@H]2C(=O)OCc2ccccc2)cc1. The highest BCUT2D eigenvalue weighted by molar-refractivity contribution is 9.10. The van der Waals surface area contributed by atoms with E-state index in [0.29, 0.717) is 12.3 Å². The van der Waals surface area contributed by atoms with Gasteiger partial charge in [0.1, 0.15) is 6.61 Å². The van der Waals surface area contributed by atoms with Gasteiger partial charge in [-0.2, -0.15) is 0 Å². The zero-order valence-electron chi connectivity index (χ0n) is 20.2. The molecule has 3 aromatic carbocycles. The van der Waals surface area contributed by atoms with Crippen molar-refractivity contribution >= 4 is 33.5 Å². The second-order valence-corrected chi connectivity index (χ2v) is 10.5. The van der Waals surface area contributed by atoms with Crippen LogP contribution in [0.4, 0.5) is 5.69 Å². The molecule has 1 aliphatic carbocycles. The summed E-state index contributed by atoms with van der Waals surface area (Å²) in [5, 5.41) is 3.06. The summed E-state index contributed by atoms with van der Waals surface area (Å²) >= 11 is 3.49. The number of halogens is 1. The molecule has 0 saturated heterocycles. The van der Waals surface area contributed by atoms with Gasteiger partial charge in [0.2, 0.25) is 5.91 Å². The van der Waals surface area contributed by atoms with Gasteiger partial charge in [0.05, 0.1) is 11.8 Å². The van der Waals surface area contributed by atoms with Gasteiger partial charge in [-0.1, -0.05) is 90.8 Å². The van der Waals surface area contributed by atoms with E-state index in [1.165, 1.54) is 5.56 Å². The Kier molecular flexibility index (Phi) is 8.40. The van der Waals surface area contributed by atoms with Gasteiger partial charge in [-0.3, -0.25) is 9.59 Å². The number of ether oxygens (including phenoxy) is 1. The molecule has 0 spiro atoms. The normalized spacial score (nSPS) is 19.8. The third-order valence-electron chi connectivity index (χ3n) is 6.87. The summed E-state index contributed by atoms with van der Waals surface area (Å²) in [7, 11) is 0. The lowest BCUT2D eigenvalue weighted by molar-refractivity contribution is -0.156. The fourth-order valence-electron chi connectivity index (χ4n) is 4.92. The number of rotatable bonds is 7. The van der Waals surface area contributed by atoms with Gasteiger partial charge in [0, 0.05) is 10.2 Å². The first kappa shape index (κ1) is 25.2. The van der Waals surface area contributed by atoms with E-state index in [0.717, 1.165) is 34.1 Å². The second kappa shape index (κ2) is 11.7. The molecule has 1 fully saturated rings. The van der Waals surface area contributed by atoms with Gasteiger partial charge in [-0.15, -0.1) is 0 Å². The smallest absolute Gasteiger partial charge is 0.310 e. The largest absolute Gasteiger partial charge is 0.461 e. The molecule has 0 bridgehead atoms. The molecule has 0 heterocycles. The first-order valence-electron chi connectivity index (χ1n) is 12.3. The number of esters is 1. The Balaban J connectivity index is 1.56. The molecule has 1 saturated carbocycles. The topological polar surface area (TPSA) is 55.4 Å². The Hall–Kier alpha value is -2.92. The summed E-state index contributed by atoms with van der Waals surface area (Å²) in [6.45, 7) is 4.49. The Morgan fingerprint density at radius 3 is 2.29 bits per heavy atom. The minimum atomic E-state index is -0.538. The minimum Gasteiger partial charge on any atom is -0.461 e. The molecule has 0 aromatic heterocycles. The van der Waals surface area contributed by atoms with Crippen LogP contribution in [0.15, 0.2) is 83.3 Å². The number of carbonyl (C=O) groups excluding carboxylic acids is 2. The summed E-state index contributed by atoms with van der Waals surface area (Å²) in [5.41, 5.74) is 3.97. The Morgan fingerprint density at radius 1 is 0.943 bits per heavy atom. The summed E-state index contributed by atoms with van der Waals surface area (Å²) in [6.07, 6.45) is 2.39. The third-order valence-corrected chi connectivity index (χ3v) is 7.40. The van der Waals surface area contributed by atoms with Crippen molar-refractivity contribution in [3.8, 4) is 0 Å². The molecule has 0 aliphatic heterocycles. The number of hydrogen-bond donors (Lipinski definition) is 1. The van der Waals surface area contributed by atoms with Crippen LogP contribution in [0, 0.1) is 11.8 Å². The van der Waals surface area contributed by atoms with Crippen molar-refractivity contribution in [2.45, 2.75) is 51.6 Å². The molecule has 182 valence electrons. The zero-order chi connectivity index (χ0) is 24.8. The van der Waals surface area contributed by atoms with Crippen LogP contribution in [0.5, 0.6) is 0 Å². The summed E-state index contributed by atoms with van der Waals surface area (Å²) in [6, 6.07) is 25.7. The van der Waals surface area contributed by atoms with Crippen LogP contribution in [0.3, 0.4) is 0 Å². The van der Waals surface area contributed by atoms with Gasteiger partial charge in [0.25, 0.3) is 0 Å². The fourth-order valence-corrected chi connectivity index (χ4v) is 5.18. The van der Waals surface area contributed by atoms with Crippen molar-refractivity contribution in [2.75, 3.05) is 5.32 Å². The van der Waals surface area contributed by atoms with Crippen molar-refractivity contribution in [3.63, 3.8) is 0 Å². The monoisotopic (exact) mass is 533 g/mol. The standard InChI is InChI=1S/C30H32BrNO3/c1-20(2)22-13-17-25(18-14-22)32-29(33)27-10-6-9-26(23-11-15-24(31)16-12-23)28(27)30(34)35-19-21-7-4-3-5-8-21/h3-5,7-8,11-18,20,26-28H,6,9-10,19H2,1-2H3,(H,32,33)/t26-,27-,28-/m1/s1. The van der Waals surface area contributed by atoms with E-state index in [1.54, 1.807) is 0 Å². The zero-order valence-corrected chi connectivity index (χ0v) is 21.8. The summed E-state index contributed by atoms with van der Waals surface area (Å²) in [4.78, 5) is 27.0. The van der Waals surface area contributed by atoms with Crippen molar-refractivity contribution < 1.29 is 14.3 Å². The maximum atomic E-state index is 13.5.